The van der Waals surface area contributed by atoms with E-state index in [-0.39, 0.29) is 5.69 Å². The molecule has 1 unspecified atom stereocenters. The molecule has 0 aliphatic heterocycles. The highest BCUT2D eigenvalue weighted by atomic mass is 79.9. The van der Waals surface area contributed by atoms with Crippen LogP contribution in [0.3, 0.4) is 0 Å². The normalized spacial score (nSPS) is 12.9. The minimum absolute atomic E-state index is 0.285. The number of rotatable bonds is 2. The zero-order valence-corrected chi connectivity index (χ0v) is 9.05. The maximum Gasteiger partial charge on any atom is 0.326 e. The van der Waals surface area contributed by atoms with Crippen LogP contribution in [0.2, 0.25) is 0 Å². The van der Waals surface area contributed by atoms with Gasteiger partial charge in [0.25, 0.3) is 0 Å². The first-order chi connectivity index (χ1) is 7.08. The molecule has 0 fully saturated rings. The molecule has 0 radical (unpaired) electrons. The first-order valence-corrected chi connectivity index (χ1v) is 4.86. The van der Waals surface area contributed by atoms with Crippen molar-refractivity contribution in [3.63, 3.8) is 0 Å². The maximum absolute atomic E-state index is 10.6. The molecule has 7 heteroatoms. The molecule has 78 valence electrons. The van der Waals surface area contributed by atoms with Crippen LogP contribution in [0.5, 0.6) is 0 Å². The number of hydrogen-bond acceptors (Lipinski definition) is 4. The number of fused-ring (bicyclic) bond motifs is 1. The van der Waals surface area contributed by atoms with Gasteiger partial charge in [-0.15, -0.1) is 0 Å². The third-order valence-electron chi connectivity index (χ3n) is 1.88. The summed E-state index contributed by atoms with van der Waals surface area (Å²) in [5.74, 6) is -0.692. The van der Waals surface area contributed by atoms with Gasteiger partial charge in [0.1, 0.15) is 6.04 Å². The van der Waals surface area contributed by atoms with Crippen molar-refractivity contribution >= 4 is 27.7 Å². The van der Waals surface area contributed by atoms with E-state index in [1.165, 1.54) is 0 Å². The van der Waals surface area contributed by atoms with E-state index in [0.717, 1.165) is 4.47 Å². The molecule has 0 aromatic carbocycles. The van der Waals surface area contributed by atoms with Crippen LogP contribution in [0.25, 0.3) is 5.78 Å². The van der Waals surface area contributed by atoms with Gasteiger partial charge in [0.15, 0.2) is 0 Å². The van der Waals surface area contributed by atoms with E-state index in [9.17, 15) is 4.79 Å². The summed E-state index contributed by atoms with van der Waals surface area (Å²) < 4.78 is 2.39. The summed E-state index contributed by atoms with van der Waals surface area (Å²) in [4.78, 5) is 18.6. The number of carbonyl (C=O) groups is 1. The molecule has 15 heavy (non-hydrogen) atoms. The number of aliphatic carboxylic acids is 1. The number of nitrogens with two attached hydrogens (primary N) is 1. The van der Waals surface area contributed by atoms with Crippen molar-refractivity contribution in [1.29, 1.82) is 0 Å². The van der Waals surface area contributed by atoms with Gasteiger partial charge in [-0.1, -0.05) is 0 Å². The van der Waals surface area contributed by atoms with Gasteiger partial charge < -0.3 is 10.8 Å². The molecule has 0 aliphatic carbocycles. The molecule has 2 aromatic rings. The molecule has 6 nitrogen and oxygen atoms in total. The van der Waals surface area contributed by atoms with Crippen LogP contribution in [0.4, 0.5) is 0 Å². The van der Waals surface area contributed by atoms with E-state index in [1.807, 2.05) is 0 Å². The Kier molecular flexibility index (Phi) is 2.41. The zero-order valence-electron chi connectivity index (χ0n) is 7.46. The van der Waals surface area contributed by atoms with E-state index in [4.69, 9.17) is 10.8 Å². The topological polar surface area (TPSA) is 93.5 Å². The summed E-state index contributed by atoms with van der Waals surface area (Å²) in [5.41, 5.74) is 5.71. The highest BCUT2D eigenvalue weighted by molar-refractivity contribution is 9.10. The Morgan fingerprint density at radius 3 is 3.00 bits per heavy atom. The Balaban J connectivity index is 2.51. The summed E-state index contributed by atoms with van der Waals surface area (Å²) in [6, 6.07) is -1.12. The van der Waals surface area contributed by atoms with E-state index in [2.05, 4.69) is 25.9 Å². The second-order valence-corrected chi connectivity index (χ2v) is 3.88. The number of hydrogen-bond donors (Lipinski definition) is 2. The van der Waals surface area contributed by atoms with Gasteiger partial charge in [-0.3, -0.25) is 9.20 Å². The fourth-order valence-corrected chi connectivity index (χ4v) is 1.48. The van der Waals surface area contributed by atoms with Crippen LogP contribution < -0.4 is 5.73 Å². The molecule has 0 amide bonds. The Hall–Kier alpha value is -1.47. The first kappa shape index (κ1) is 10.1. The predicted molar refractivity (Wildman–Crippen MR) is 55.3 cm³/mol. The lowest BCUT2D eigenvalue weighted by Gasteiger charge is -1.99. The Morgan fingerprint density at radius 1 is 1.60 bits per heavy atom. The summed E-state index contributed by atoms with van der Waals surface area (Å²) in [6.07, 6.45) is 4.86. The fourth-order valence-electron chi connectivity index (χ4n) is 1.15. The summed E-state index contributed by atoms with van der Waals surface area (Å²) in [5, 5.41) is 8.71. The monoisotopic (exact) mass is 270 g/mol. The second-order valence-electron chi connectivity index (χ2n) is 2.96. The Bertz CT molecular complexity index is 524. The quantitative estimate of drug-likeness (QED) is 0.833. The number of nitrogens with zero attached hydrogens (tertiary/aromatic N) is 3. The first-order valence-electron chi connectivity index (χ1n) is 4.06. The van der Waals surface area contributed by atoms with Gasteiger partial charge in [-0.05, 0) is 15.9 Å². The third kappa shape index (κ3) is 1.83. The molecule has 1 atom stereocenters. The molecule has 2 heterocycles. The van der Waals surface area contributed by atoms with Crippen molar-refractivity contribution in [2.75, 3.05) is 0 Å². The average Bonchev–Trinajstić information content (AvgIpc) is 2.58. The molecular formula is C8H7BrN4O2. The number of aromatic nitrogens is 3. The molecular weight excluding hydrogens is 264 g/mol. The van der Waals surface area contributed by atoms with Gasteiger partial charge in [-0.25, -0.2) is 9.97 Å². The lowest BCUT2D eigenvalue weighted by Crippen LogP contribution is -2.20. The number of carboxylic acid groups (broad SMARTS) is 1. The van der Waals surface area contributed by atoms with Crippen LogP contribution >= 0.6 is 15.9 Å². The minimum Gasteiger partial charge on any atom is -0.480 e. The van der Waals surface area contributed by atoms with Gasteiger partial charge >= 0.3 is 5.97 Å². The number of carboxylic acids is 1. The number of imidazole rings is 1. The largest absolute Gasteiger partial charge is 0.480 e. The van der Waals surface area contributed by atoms with Crippen LogP contribution in [0.1, 0.15) is 11.7 Å². The lowest BCUT2D eigenvalue weighted by atomic mass is 10.2. The van der Waals surface area contributed by atoms with Crippen LogP contribution in [-0.4, -0.2) is 25.4 Å². The summed E-state index contributed by atoms with van der Waals surface area (Å²) in [6.45, 7) is 0. The highest BCUT2D eigenvalue weighted by Gasteiger charge is 2.17. The van der Waals surface area contributed by atoms with E-state index in [1.54, 1.807) is 23.0 Å². The highest BCUT2D eigenvalue weighted by Crippen LogP contribution is 2.13. The Labute approximate surface area is 92.9 Å². The molecule has 0 saturated carbocycles. The summed E-state index contributed by atoms with van der Waals surface area (Å²) in [7, 11) is 0. The summed E-state index contributed by atoms with van der Waals surface area (Å²) >= 11 is 3.25. The van der Waals surface area contributed by atoms with Crippen molar-refractivity contribution in [3.8, 4) is 0 Å². The molecule has 0 bridgehead atoms. The van der Waals surface area contributed by atoms with Gasteiger partial charge in [0.2, 0.25) is 5.78 Å². The zero-order chi connectivity index (χ0) is 11.0. The van der Waals surface area contributed by atoms with Crippen LogP contribution in [0.15, 0.2) is 23.1 Å². The molecule has 2 rings (SSSR count). The van der Waals surface area contributed by atoms with Gasteiger partial charge in [0.05, 0.1) is 10.2 Å². The average molecular weight is 271 g/mol. The second kappa shape index (κ2) is 3.59. The SMILES string of the molecule is NC(C(=O)O)c1cn2cc(Br)cnc2n1. The molecule has 0 aliphatic rings. The molecule has 3 N–H and O–H groups in total. The Morgan fingerprint density at radius 2 is 2.33 bits per heavy atom. The standard InChI is InChI=1S/C8H7BrN4O2/c9-4-1-11-8-12-5(3-13(8)2-4)6(10)7(14)15/h1-3,6H,10H2,(H,14,15). The van der Waals surface area contributed by atoms with Crippen LogP contribution in [0, 0.1) is 0 Å². The van der Waals surface area contributed by atoms with Crippen molar-refractivity contribution in [2.45, 2.75) is 6.04 Å². The predicted octanol–water partition coefficient (Wildman–Crippen LogP) is 0.576. The van der Waals surface area contributed by atoms with Crippen LogP contribution in [-0.2, 0) is 4.79 Å². The third-order valence-corrected chi connectivity index (χ3v) is 2.29. The molecule has 0 spiro atoms. The van der Waals surface area contributed by atoms with Gasteiger partial charge in [0, 0.05) is 18.6 Å². The molecule has 2 aromatic heterocycles. The van der Waals surface area contributed by atoms with E-state index >= 15 is 0 Å². The van der Waals surface area contributed by atoms with Crippen molar-refractivity contribution in [2.24, 2.45) is 5.73 Å². The number of halogens is 1. The van der Waals surface area contributed by atoms with E-state index < -0.39 is 12.0 Å². The van der Waals surface area contributed by atoms with Crippen molar-refractivity contribution < 1.29 is 9.90 Å². The minimum atomic E-state index is -1.12. The lowest BCUT2D eigenvalue weighted by molar-refractivity contribution is -0.138. The van der Waals surface area contributed by atoms with E-state index in [0.29, 0.717) is 5.78 Å². The smallest absolute Gasteiger partial charge is 0.326 e. The fraction of sp³-hybridized carbons (Fsp3) is 0.125. The van der Waals surface area contributed by atoms with Crippen molar-refractivity contribution in [3.05, 3.63) is 28.8 Å². The van der Waals surface area contributed by atoms with Gasteiger partial charge in [-0.2, -0.15) is 0 Å². The maximum atomic E-state index is 10.6. The van der Waals surface area contributed by atoms with Crippen molar-refractivity contribution in [1.82, 2.24) is 14.4 Å². The molecule has 0 saturated heterocycles.